The van der Waals surface area contributed by atoms with Gasteiger partial charge < -0.3 is 16.4 Å². The van der Waals surface area contributed by atoms with Gasteiger partial charge in [-0.3, -0.25) is 9.48 Å². The number of anilines is 1. The number of amides is 1. The largest absolute Gasteiger partial charge is 0.350 e. The number of nitrogens with two attached hydrogens (primary N) is 1. The second-order valence-electron chi connectivity index (χ2n) is 8.01. The number of fused-ring (bicyclic) bond motifs is 1. The quantitative estimate of drug-likeness (QED) is 0.603. The number of aromatic nitrogens is 4. The Morgan fingerprint density at radius 3 is 2.83 bits per heavy atom. The highest BCUT2D eigenvalue weighted by Gasteiger charge is 2.29. The van der Waals surface area contributed by atoms with Gasteiger partial charge in [0.05, 0.1) is 36.2 Å². The highest BCUT2D eigenvalue weighted by molar-refractivity contribution is 6.03. The summed E-state index contributed by atoms with van der Waals surface area (Å²) >= 11 is 0. The van der Waals surface area contributed by atoms with Crippen LogP contribution in [0.5, 0.6) is 0 Å². The van der Waals surface area contributed by atoms with Crippen molar-refractivity contribution in [2.24, 2.45) is 5.73 Å². The highest BCUT2D eigenvalue weighted by atomic mass is 16.1. The van der Waals surface area contributed by atoms with E-state index in [9.17, 15) is 4.79 Å². The molecule has 1 aromatic carbocycles. The van der Waals surface area contributed by atoms with Crippen LogP contribution in [0.1, 0.15) is 47.3 Å². The van der Waals surface area contributed by atoms with Gasteiger partial charge in [0, 0.05) is 23.8 Å². The number of carbonyl (C=O) groups excluding carboxylic acids is 1. The lowest BCUT2D eigenvalue weighted by atomic mass is 9.91. The van der Waals surface area contributed by atoms with E-state index in [1.165, 1.54) is 0 Å². The second kappa shape index (κ2) is 7.87. The average molecular weight is 403 g/mol. The fourth-order valence-electron chi connectivity index (χ4n) is 4.25. The summed E-state index contributed by atoms with van der Waals surface area (Å²) in [5, 5.41) is 10.8. The van der Waals surface area contributed by atoms with Crippen LogP contribution in [0.15, 0.2) is 42.7 Å². The molecule has 3 aromatic rings. The molecule has 2 atom stereocenters. The number of carbonyl (C=O) groups is 1. The molecule has 3 heterocycles. The highest BCUT2D eigenvalue weighted by Crippen LogP contribution is 2.29. The number of rotatable bonds is 5. The number of hydrogen-bond donors (Lipinski definition) is 3. The predicted octanol–water partition coefficient (Wildman–Crippen LogP) is 2.31. The summed E-state index contributed by atoms with van der Waals surface area (Å²) in [5.74, 6) is 0.384. The Morgan fingerprint density at radius 1 is 1.17 bits per heavy atom. The molecule has 5 rings (SSSR count). The van der Waals surface area contributed by atoms with Gasteiger partial charge in [-0.05, 0) is 18.4 Å². The van der Waals surface area contributed by atoms with Gasteiger partial charge in [0.2, 0.25) is 5.95 Å². The van der Waals surface area contributed by atoms with Gasteiger partial charge in [0.15, 0.2) is 0 Å². The number of benzene rings is 1. The minimum atomic E-state index is -0.142. The van der Waals surface area contributed by atoms with E-state index in [1.807, 2.05) is 29.1 Å². The lowest BCUT2D eigenvalue weighted by molar-refractivity contribution is 0.0966. The fraction of sp³-hybridized carbons (Fsp3) is 0.364. The molecular formula is C22H25N7O. The monoisotopic (exact) mass is 403 g/mol. The molecule has 4 N–H and O–H groups in total. The van der Waals surface area contributed by atoms with Gasteiger partial charge >= 0.3 is 0 Å². The summed E-state index contributed by atoms with van der Waals surface area (Å²) in [6, 6.07) is 10.4. The zero-order chi connectivity index (χ0) is 20.5. The van der Waals surface area contributed by atoms with E-state index < -0.39 is 0 Å². The van der Waals surface area contributed by atoms with Gasteiger partial charge in [-0.15, -0.1) is 0 Å². The van der Waals surface area contributed by atoms with Crippen LogP contribution < -0.4 is 16.4 Å². The SMILES string of the molecule is N[C@H]1CCCC[C@H]1Nc1nc2c(c(-c3cnn(Cc4ccccc4)c3)n1)C(=O)NC2. The molecule has 0 bridgehead atoms. The smallest absolute Gasteiger partial charge is 0.255 e. The first-order valence-corrected chi connectivity index (χ1v) is 10.5. The van der Waals surface area contributed by atoms with E-state index in [1.54, 1.807) is 6.20 Å². The van der Waals surface area contributed by atoms with E-state index in [0.29, 0.717) is 36.0 Å². The van der Waals surface area contributed by atoms with E-state index in [4.69, 9.17) is 10.7 Å². The summed E-state index contributed by atoms with van der Waals surface area (Å²) in [5.41, 5.74) is 10.1. The van der Waals surface area contributed by atoms with E-state index in [2.05, 4.69) is 32.8 Å². The van der Waals surface area contributed by atoms with Gasteiger partial charge in [-0.25, -0.2) is 9.97 Å². The Kier molecular flexibility index (Phi) is 4.92. The molecule has 8 nitrogen and oxygen atoms in total. The van der Waals surface area contributed by atoms with Crippen molar-refractivity contribution in [3.63, 3.8) is 0 Å². The molecule has 30 heavy (non-hydrogen) atoms. The molecule has 0 saturated heterocycles. The van der Waals surface area contributed by atoms with Gasteiger partial charge in [0.25, 0.3) is 5.91 Å². The average Bonchev–Trinajstić information content (AvgIpc) is 3.37. The first kappa shape index (κ1) is 18.7. The summed E-state index contributed by atoms with van der Waals surface area (Å²) in [7, 11) is 0. The Balaban J connectivity index is 1.47. The van der Waals surface area contributed by atoms with Crippen molar-refractivity contribution in [1.82, 2.24) is 25.1 Å². The molecule has 0 unspecified atom stereocenters. The van der Waals surface area contributed by atoms with Crippen LogP contribution >= 0.6 is 0 Å². The Morgan fingerprint density at radius 2 is 2.00 bits per heavy atom. The minimum Gasteiger partial charge on any atom is -0.350 e. The first-order chi connectivity index (χ1) is 14.7. The third-order valence-corrected chi connectivity index (χ3v) is 5.86. The summed E-state index contributed by atoms with van der Waals surface area (Å²) in [4.78, 5) is 21.8. The molecule has 8 heteroatoms. The molecule has 0 spiro atoms. The van der Waals surface area contributed by atoms with Crippen molar-refractivity contribution in [2.45, 2.75) is 50.9 Å². The molecule has 1 amide bonds. The Bertz CT molecular complexity index is 1060. The fourth-order valence-corrected chi connectivity index (χ4v) is 4.25. The lowest BCUT2D eigenvalue weighted by Gasteiger charge is -2.29. The summed E-state index contributed by atoms with van der Waals surface area (Å²) < 4.78 is 1.86. The van der Waals surface area contributed by atoms with Gasteiger partial charge in [-0.2, -0.15) is 5.10 Å². The van der Waals surface area contributed by atoms with Gasteiger partial charge in [0.1, 0.15) is 0 Å². The second-order valence-corrected chi connectivity index (χ2v) is 8.01. The van der Waals surface area contributed by atoms with Gasteiger partial charge in [-0.1, -0.05) is 43.2 Å². The van der Waals surface area contributed by atoms with Crippen molar-refractivity contribution >= 4 is 11.9 Å². The number of nitrogens with one attached hydrogen (secondary N) is 2. The maximum Gasteiger partial charge on any atom is 0.255 e. The van der Waals surface area contributed by atoms with Crippen LogP contribution in [0.4, 0.5) is 5.95 Å². The van der Waals surface area contributed by atoms with Crippen LogP contribution in [0.2, 0.25) is 0 Å². The molecule has 2 aliphatic rings. The Labute approximate surface area is 174 Å². The normalized spacial score (nSPS) is 20.6. The number of nitrogens with zero attached hydrogens (tertiary/aromatic N) is 4. The molecule has 2 aromatic heterocycles. The molecule has 1 saturated carbocycles. The molecule has 1 aliphatic heterocycles. The van der Waals surface area contributed by atoms with E-state index in [0.717, 1.165) is 36.8 Å². The third kappa shape index (κ3) is 3.66. The minimum absolute atomic E-state index is 0.0902. The van der Waals surface area contributed by atoms with Crippen LogP contribution in [-0.2, 0) is 13.1 Å². The molecular weight excluding hydrogens is 378 g/mol. The van der Waals surface area contributed by atoms with Crippen molar-refractivity contribution in [1.29, 1.82) is 0 Å². The first-order valence-electron chi connectivity index (χ1n) is 10.5. The predicted molar refractivity (Wildman–Crippen MR) is 114 cm³/mol. The molecule has 1 aliphatic carbocycles. The maximum absolute atomic E-state index is 12.5. The molecule has 1 fully saturated rings. The van der Waals surface area contributed by atoms with Crippen LogP contribution in [-0.4, -0.2) is 37.7 Å². The van der Waals surface area contributed by atoms with E-state index in [-0.39, 0.29) is 18.0 Å². The summed E-state index contributed by atoms with van der Waals surface area (Å²) in [6.45, 7) is 1.07. The number of hydrogen-bond acceptors (Lipinski definition) is 6. The van der Waals surface area contributed by atoms with Crippen LogP contribution in [0, 0.1) is 0 Å². The zero-order valence-electron chi connectivity index (χ0n) is 16.7. The van der Waals surface area contributed by atoms with E-state index >= 15 is 0 Å². The van der Waals surface area contributed by atoms with Crippen molar-refractivity contribution < 1.29 is 4.79 Å². The standard InChI is InChI=1S/C22H25N7O/c23-16-8-4-5-9-17(16)26-22-27-18-11-24-21(30)19(18)20(28-22)15-10-25-29(13-15)12-14-6-2-1-3-7-14/h1-3,6-7,10,13,16-17H,4-5,8-9,11-12,23H2,(H,24,30)(H,26,27,28)/t16-,17+/m0/s1. The maximum atomic E-state index is 12.5. The molecule has 154 valence electrons. The Hall–Kier alpha value is -3.26. The zero-order valence-corrected chi connectivity index (χ0v) is 16.7. The third-order valence-electron chi connectivity index (χ3n) is 5.86. The van der Waals surface area contributed by atoms with Crippen molar-refractivity contribution in [3.8, 4) is 11.3 Å². The topological polar surface area (TPSA) is 111 Å². The van der Waals surface area contributed by atoms with Crippen molar-refractivity contribution in [3.05, 3.63) is 59.5 Å². The van der Waals surface area contributed by atoms with Crippen LogP contribution in [0.3, 0.4) is 0 Å². The van der Waals surface area contributed by atoms with Crippen LogP contribution in [0.25, 0.3) is 11.3 Å². The lowest BCUT2D eigenvalue weighted by Crippen LogP contribution is -2.43. The van der Waals surface area contributed by atoms with Crippen molar-refractivity contribution in [2.75, 3.05) is 5.32 Å². The summed E-state index contributed by atoms with van der Waals surface area (Å²) in [6.07, 6.45) is 8.00. The molecule has 0 radical (unpaired) electrons.